The van der Waals surface area contributed by atoms with Crippen molar-refractivity contribution >= 4 is 45.5 Å². The zero-order chi connectivity index (χ0) is 24.1. The molecule has 2 amide bonds. The van der Waals surface area contributed by atoms with Gasteiger partial charge in [-0.15, -0.1) is 11.8 Å². The smallest absolute Gasteiger partial charge is 0.310 e. The largest absolute Gasteiger partial charge is 0.466 e. The van der Waals surface area contributed by atoms with Gasteiger partial charge >= 0.3 is 5.97 Å². The molecule has 3 fully saturated rings. The van der Waals surface area contributed by atoms with Gasteiger partial charge in [-0.2, -0.15) is 0 Å². The topological polar surface area (TPSA) is 95.9 Å². The summed E-state index contributed by atoms with van der Waals surface area (Å²) in [5.74, 6) is -1.84. The highest BCUT2D eigenvalue weighted by Gasteiger charge is 2.75. The van der Waals surface area contributed by atoms with Crippen molar-refractivity contribution in [3.8, 4) is 0 Å². The summed E-state index contributed by atoms with van der Waals surface area (Å²) < 4.78 is 4.67. The van der Waals surface area contributed by atoms with Crippen LogP contribution in [0, 0.1) is 17.3 Å². The van der Waals surface area contributed by atoms with E-state index in [1.807, 2.05) is 13.8 Å². The van der Waals surface area contributed by atoms with Crippen molar-refractivity contribution in [3.63, 3.8) is 0 Å². The zero-order valence-corrected chi connectivity index (χ0v) is 22.3. The molecule has 3 saturated heterocycles. The van der Waals surface area contributed by atoms with Crippen LogP contribution >= 0.6 is 27.7 Å². The number of rotatable bonds is 8. The van der Waals surface area contributed by atoms with Crippen LogP contribution in [0.1, 0.15) is 60.8 Å². The molecule has 6 atom stereocenters. The van der Waals surface area contributed by atoms with Gasteiger partial charge in [0.05, 0.1) is 23.2 Å². The lowest BCUT2D eigenvalue weighted by atomic mass is 9.71. The van der Waals surface area contributed by atoms with Crippen molar-refractivity contribution in [1.82, 2.24) is 10.2 Å². The molecule has 182 valence electrons. The van der Waals surface area contributed by atoms with Crippen LogP contribution in [0.4, 0.5) is 0 Å². The number of esters is 1. The molecule has 2 bridgehead atoms. The number of carbonyl (C=O) groups excluding carboxylic acids is 3. The number of hydrogen-bond acceptors (Lipinski definition) is 6. The summed E-state index contributed by atoms with van der Waals surface area (Å²) in [5, 5.41) is 12.5. The average Bonchev–Trinajstić information content (AvgIpc) is 3.21. The van der Waals surface area contributed by atoms with Gasteiger partial charge in [0.15, 0.2) is 0 Å². The molecule has 0 aliphatic carbocycles. The number of fused-ring (bicyclic) bond motifs is 1. The fourth-order valence-electron chi connectivity index (χ4n) is 6.19. The number of alkyl halides is 1. The Balaban J connectivity index is 1.97. The van der Waals surface area contributed by atoms with E-state index < -0.39 is 28.2 Å². The highest BCUT2D eigenvalue weighted by atomic mass is 79.9. The van der Waals surface area contributed by atoms with E-state index in [0.29, 0.717) is 19.4 Å². The molecule has 3 aliphatic rings. The molecule has 3 heterocycles. The standard InChI is InChI=1S/C23H37BrN2O5S/c1-7-31-20(30)14-15-19(29)26(9-8-10-27)17(23(15)11-13(24)16(14)32-23)18(28)25-22(5,6)12-21(2,3)4/h13-17,27H,7-12H2,1-6H3,(H,25,28)/t13?,14-,15+,16-,17?,23?/m1/s1. The fourth-order valence-corrected chi connectivity index (χ4v) is 9.79. The second-order valence-corrected chi connectivity index (χ2v) is 13.9. The molecule has 0 radical (unpaired) electrons. The monoisotopic (exact) mass is 532 g/mol. The minimum absolute atomic E-state index is 0.0240. The number of hydrogen-bond donors (Lipinski definition) is 2. The Morgan fingerprint density at radius 2 is 1.97 bits per heavy atom. The molecule has 32 heavy (non-hydrogen) atoms. The summed E-state index contributed by atoms with van der Waals surface area (Å²) in [6.45, 7) is 12.7. The van der Waals surface area contributed by atoms with Crippen molar-refractivity contribution in [2.45, 2.75) is 87.2 Å². The number of aliphatic hydroxyl groups excluding tert-OH is 1. The van der Waals surface area contributed by atoms with Crippen molar-refractivity contribution in [3.05, 3.63) is 0 Å². The number of thioether (sulfide) groups is 1. The number of nitrogens with one attached hydrogen (secondary N) is 1. The fraction of sp³-hybridized carbons (Fsp3) is 0.870. The number of nitrogens with zero attached hydrogens (tertiary/aromatic N) is 1. The number of halogens is 1. The normalized spacial score (nSPS) is 34.1. The first kappa shape index (κ1) is 25.8. The van der Waals surface area contributed by atoms with Crippen LogP contribution in [0.25, 0.3) is 0 Å². The van der Waals surface area contributed by atoms with Gasteiger partial charge in [-0.1, -0.05) is 36.7 Å². The highest BCUT2D eigenvalue weighted by molar-refractivity contribution is 9.09. The van der Waals surface area contributed by atoms with Crippen LogP contribution in [0.3, 0.4) is 0 Å². The third-order valence-corrected chi connectivity index (χ3v) is 9.81. The summed E-state index contributed by atoms with van der Waals surface area (Å²) in [7, 11) is 0. The summed E-state index contributed by atoms with van der Waals surface area (Å²) in [5.41, 5.74) is -0.429. The molecule has 3 unspecified atom stereocenters. The van der Waals surface area contributed by atoms with E-state index in [1.54, 1.807) is 23.6 Å². The average molecular weight is 534 g/mol. The Morgan fingerprint density at radius 1 is 1.31 bits per heavy atom. The van der Waals surface area contributed by atoms with Crippen LogP contribution in [-0.4, -0.2) is 74.0 Å². The van der Waals surface area contributed by atoms with Crippen molar-refractivity contribution in [2.24, 2.45) is 17.3 Å². The second-order valence-electron chi connectivity index (χ2n) is 11.1. The number of aliphatic hydroxyl groups is 1. The first-order valence-electron chi connectivity index (χ1n) is 11.5. The van der Waals surface area contributed by atoms with Crippen molar-refractivity contribution in [2.75, 3.05) is 19.8 Å². The van der Waals surface area contributed by atoms with Crippen LogP contribution in [0.5, 0.6) is 0 Å². The minimum atomic E-state index is -0.680. The van der Waals surface area contributed by atoms with Gasteiger partial charge in [0, 0.05) is 28.8 Å². The molecule has 3 rings (SSSR count). The van der Waals surface area contributed by atoms with Crippen molar-refractivity contribution < 1.29 is 24.2 Å². The maximum atomic E-state index is 13.8. The molecular formula is C23H37BrN2O5S. The lowest BCUT2D eigenvalue weighted by molar-refractivity contribution is -0.153. The quantitative estimate of drug-likeness (QED) is 0.368. The van der Waals surface area contributed by atoms with Gasteiger partial charge in [-0.05, 0) is 45.4 Å². The Hall–Kier alpha value is -0.800. The third kappa shape index (κ3) is 4.58. The van der Waals surface area contributed by atoms with E-state index in [1.165, 1.54) is 0 Å². The zero-order valence-electron chi connectivity index (χ0n) is 19.9. The predicted molar refractivity (Wildman–Crippen MR) is 129 cm³/mol. The van der Waals surface area contributed by atoms with Crippen LogP contribution in [0.2, 0.25) is 0 Å². The Bertz CT molecular complexity index is 770. The lowest BCUT2D eigenvalue weighted by Gasteiger charge is -2.39. The SMILES string of the molecule is CCOC(=O)[C@H]1[C@@H]2SC3(CC2Br)C(C(=O)NC(C)(C)CC(C)(C)C)N(CCCO)C(=O)[C@H]13. The molecule has 3 aliphatic heterocycles. The number of likely N-dealkylation sites (tertiary alicyclic amines) is 1. The Labute approximate surface area is 203 Å². The number of carbonyl (C=O) groups is 3. The van der Waals surface area contributed by atoms with E-state index in [4.69, 9.17) is 4.74 Å². The Morgan fingerprint density at radius 3 is 2.53 bits per heavy atom. The van der Waals surface area contributed by atoms with Crippen LogP contribution in [0.15, 0.2) is 0 Å². The molecule has 0 aromatic heterocycles. The van der Waals surface area contributed by atoms with Crippen LogP contribution in [-0.2, 0) is 19.1 Å². The second kappa shape index (κ2) is 9.10. The summed E-state index contributed by atoms with van der Waals surface area (Å²) in [6.07, 6.45) is 1.81. The maximum Gasteiger partial charge on any atom is 0.310 e. The molecule has 9 heteroatoms. The maximum absolute atomic E-state index is 13.8. The first-order valence-corrected chi connectivity index (χ1v) is 13.3. The van der Waals surface area contributed by atoms with Gasteiger partial charge in [-0.25, -0.2) is 0 Å². The molecule has 2 N–H and O–H groups in total. The predicted octanol–water partition coefficient (Wildman–Crippen LogP) is 2.73. The van der Waals surface area contributed by atoms with Crippen LogP contribution < -0.4 is 5.32 Å². The highest BCUT2D eigenvalue weighted by Crippen LogP contribution is 2.67. The molecule has 0 aromatic rings. The molecule has 7 nitrogen and oxygen atoms in total. The minimum Gasteiger partial charge on any atom is -0.466 e. The first-order chi connectivity index (χ1) is 14.8. The summed E-state index contributed by atoms with van der Waals surface area (Å²) in [6, 6.07) is -0.680. The van der Waals surface area contributed by atoms with E-state index in [2.05, 4.69) is 42.0 Å². The van der Waals surface area contributed by atoms with Gasteiger partial charge in [-0.3, -0.25) is 14.4 Å². The lowest BCUT2D eigenvalue weighted by Crippen LogP contribution is -2.58. The molecule has 1 spiro atoms. The molecule has 0 saturated carbocycles. The number of amides is 2. The Kier molecular flexibility index (Phi) is 7.34. The van der Waals surface area contributed by atoms with E-state index in [-0.39, 0.29) is 46.5 Å². The van der Waals surface area contributed by atoms with Gasteiger partial charge in [0.25, 0.3) is 0 Å². The molecule has 0 aromatic carbocycles. The molecular weight excluding hydrogens is 496 g/mol. The van der Waals surface area contributed by atoms with E-state index in [0.717, 1.165) is 6.42 Å². The third-order valence-electron chi connectivity index (χ3n) is 6.59. The summed E-state index contributed by atoms with van der Waals surface area (Å²) in [4.78, 5) is 42.0. The van der Waals surface area contributed by atoms with Gasteiger partial charge in [0.2, 0.25) is 11.8 Å². The number of ether oxygens (including phenoxy) is 1. The van der Waals surface area contributed by atoms with Crippen molar-refractivity contribution in [1.29, 1.82) is 0 Å². The van der Waals surface area contributed by atoms with Gasteiger partial charge in [0.1, 0.15) is 6.04 Å². The summed E-state index contributed by atoms with van der Waals surface area (Å²) >= 11 is 5.33. The van der Waals surface area contributed by atoms with Gasteiger partial charge < -0.3 is 20.1 Å². The van der Waals surface area contributed by atoms with E-state index >= 15 is 0 Å². The van der Waals surface area contributed by atoms with E-state index in [9.17, 15) is 19.5 Å².